The molecule has 3 aliphatic rings. The van der Waals surface area contributed by atoms with Crippen LogP contribution >= 0.6 is 0 Å². The Hall–Kier alpha value is -2.48. The summed E-state index contributed by atoms with van der Waals surface area (Å²) < 4.78 is 12.9. The quantitative estimate of drug-likeness (QED) is 0.581. The van der Waals surface area contributed by atoms with Crippen molar-refractivity contribution < 1.29 is 19.1 Å². The molecule has 3 aliphatic heterocycles. The normalized spacial score (nSPS) is 20.2. The molecular formula is C21H28N4O4. The molecule has 1 aromatic rings. The van der Waals surface area contributed by atoms with Gasteiger partial charge in [-0.25, -0.2) is 4.79 Å². The lowest BCUT2D eigenvalue weighted by atomic mass is 9.76. The number of carbonyl (C=O) groups excluding carboxylic acids is 2. The molecule has 8 nitrogen and oxygen atoms in total. The smallest absolute Gasteiger partial charge is 0.335 e. The highest BCUT2D eigenvalue weighted by molar-refractivity contribution is 5.97. The van der Waals surface area contributed by atoms with Gasteiger partial charge in [0.15, 0.2) is 0 Å². The average Bonchev–Trinajstić information content (AvgIpc) is 3.36. The SMILES string of the molecule is CCc1nn(CCCOC(=O)C2=CN=CC2)c2c1C(=O)NCC1(CCOCC1)C2. The van der Waals surface area contributed by atoms with Crippen LogP contribution < -0.4 is 5.32 Å². The van der Waals surface area contributed by atoms with Gasteiger partial charge in [-0.05, 0) is 31.1 Å². The van der Waals surface area contributed by atoms with E-state index in [1.807, 2.05) is 11.6 Å². The Kier molecular flexibility index (Phi) is 5.80. The number of aliphatic imine (C=N–C) groups is 1. The Morgan fingerprint density at radius 2 is 2.21 bits per heavy atom. The van der Waals surface area contributed by atoms with Gasteiger partial charge in [-0.2, -0.15) is 5.10 Å². The van der Waals surface area contributed by atoms with Crippen LogP contribution in [0.15, 0.2) is 16.8 Å². The molecule has 4 heterocycles. The van der Waals surface area contributed by atoms with Crippen molar-refractivity contribution in [1.82, 2.24) is 15.1 Å². The summed E-state index contributed by atoms with van der Waals surface area (Å²) >= 11 is 0. The van der Waals surface area contributed by atoms with E-state index in [9.17, 15) is 9.59 Å². The molecule has 0 bridgehead atoms. The first-order valence-electron chi connectivity index (χ1n) is 10.4. The van der Waals surface area contributed by atoms with Crippen molar-refractivity contribution in [3.63, 3.8) is 0 Å². The van der Waals surface area contributed by atoms with Gasteiger partial charge in [-0.3, -0.25) is 14.5 Å². The van der Waals surface area contributed by atoms with Crippen LogP contribution in [0.1, 0.15) is 54.4 Å². The molecule has 1 N–H and O–H groups in total. The summed E-state index contributed by atoms with van der Waals surface area (Å²) in [6, 6.07) is 0. The second-order valence-electron chi connectivity index (χ2n) is 8.00. The maximum absolute atomic E-state index is 12.8. The molecule has 0 unspecified atom stereocenters. The van der Waals surface area contributed by atoms with Crippen molar-refractivity contribution in [2.24, 2.45) is 10.4 Å². The molecule has 8 heteroatoms. The molecule has 0 radical (unpaired) electrons. The molecule has 4 rings (SSSR count). The van der Waals surface area contributed by atoms with E-state index in [0.29, 0.717) is 44.5 Å². The van der Waals surface area contributed by atoms with Crippen LogP contribution in [0.4, 0.5) is 0 Å². The summed E-state index contributed by atoms with van der Waals surface area (Å²) in [4.78, 5) is 28.7. The molecule has 1 amide bonds. The number of ether oxygens (including phenoxy) is 2. The number of fused-ring (bicyclic) bond motifs is 1. The van der Waals surface area contributed by atoms with Gasteiger partial charge in [-0.15, -0.1) is 0 Å². The van der Waals surface area contributed by atoms with Crippen LogP contribution in [-0.4, -0.2) is 54.2 Å². The maximum Gasteiger partial charge on any atom is 0.335 e. The zero-order chi connectivity index (χ0) is 20.3. The summed E-state index contributed by atoms with van der Waals surface area (Å²) in [5, 5.41) is 7.85. The first kappa shape index (κ1) is 19.8. The second kappa shape index (κ2) is 8.49. The fourth-order valence-corrected chi connectivity index (χ4v) is 4.31. The van der Waals surface area contributed by atoms with Crippen LogP contribution in [0.5, 0.6) is 0 Å². The van der Waals surface area contributed by atoms with Gasteiger partial charge in [-0.1, -0.05) is 6.92 Å². The van der Waals surface area contributed by atoms with E-state index in [1.54, 1.807) is 12.4 Å². The summed E-state index contributed by atoms with van der Waals surface area (Å²) in [5.74, 6) is -0.331. The van der Waals surface area contributed by atoms with E-state index < -0.39 is 0 Å². The number of carbonyl (C=O) groups is 2. The molecule has 0 aliphatic carbocycles. The van der Waals surface area contributed by atoms with E-state index >= 15 is 0 Å². The van der Waals surface area contributed by atoms with Crippen LogP contribution in [0.2, 0.25) is 0 Å². The third-order valence-corrected chi connectivity index (χ3v) is 6.07. The summed E-state index contributed by atoms with van der Waals surface area (Å²) in [5.41, 5.74) is 3.21. The highest BCUT2D eigenvalue weighted by atomic mass is 16.5. The largest absolute Gasteiger partial charge is 0.462 e. The van der Waals surface area contributed by atoms with Crippen LogP contribution in [-0.2, 0) is 33.7 Å². The van der Waals surface area contributed by atoms with Gasteiger partial charge in [0.1, 0.15) is 0 Å². The van der Waals surface area contributed by atoms with E-state index in [4.69, 9.17) is 14.6 Å². The molecule has 1 spiro atoms. The van der Waals surface area contributed by atoms with Gasteiger partial charge in [0.05, 0.1) is 29.1 Å². The third kappa shape index (κ3) is 4.12. The maximum atomic E-state index is 12.8. The first-order chi connectivity index (χ1) is 14.1. The van der Waals surface area contributed by atoms with Crippen LogP contribution in [0.3, 0.4) is 0 Å². The molecule has 1 saturated heterocycles. The lowest BCUT2D eigenvalue weighted by Gasteiger charge is -2.36. The number of rotatable bonds is 6. The topological polar surface area (TPSA) is 94.8 Å². The molecule has 156 valence electrons. The zero-order valence-electron chi connectivity index (χ0n) is 16.9. The molecule has 29 heavy (non-hydrogen) atoms. The van der Waals surface area contributed by atoms with Gasteiger partial charge in [0.2, 0.25) is 0 Å². The highest BCUT2D eigenvalue weighted by Gasteiger charge is 2.39. The Bertz CT molecular complexity index is 849. The number of nitrogens with zero attached hydrogens (tertiary/aromatic N) is 3. The highest BCUT2D eigenvalue weighted by Crippen LogP contribution is 2.37. The predicted octanol–water partition coefficient (Wildman–Crippen LogP) is 1.82. The monoisotopic (exact) mass is 400 g/mol. The minimum Gasteiger partial charge on any atom is -0.462 e. The molecule has 1 fully saturated rings. The fraction of sp³-hybridized carbons (Fsp3) is 0.619. The van der Waals surface area contributed by atoms with Crippen molar-refractivity contribution >= 4 is 18.1 Å². The average molecular weight is 400 g/mol. The Labute approximate surface area is 170 Å². The summed E-state index contributed by atoms with van der Waals surface area (Å²) in [6.45, 7) is 5.10. The number of aryl methyl sites for hydroxylation is 2. The predicted molar refractivity (Wildman–Crippen MR) is 107 cm³/mol. The van der Waals surface area contributed by atoms with Crippen molar-refractivity contribution in [3.05, 3.63) is 28.7 Å². The van der Waals surface area contributed by atoms with Crippen molar-refractivity contribution in [1.29, 1.82) is 0 Å². The van der Waals surface area contributed by atoms with E-state index in [-0.39, 0.29) is 17.3 Å². The number of nitrogens with one attached hydrogen (secondary N) is 1. The number of hydrogen-bond acceptors (Lipinski definition) is 6. The molecular weight excluding hydrogens is 372 g/mol. The van der Waals surface area contributed by atoms with Gasteiger partial charge in [0.25, 0.3) is 5.91 Å². The minimum absolute atomic E-state index is 0.0222. The Morgan fingerprint density at radius 3 is 2.93 bits per heavy atom. The van der Waals surface area contributed by atoms with Crippen molar-refractivity contribution in [2.75, 3.05) is 26.4 Å². The lowest BCUT2D eigenvalue weighted by Crippen LogP contribution is -2.40. The van der Waals surface area contributed by atoms with Crippen LogP contribution in [0, 0.1) is 5.41 Å². The van der Waals surface area contributed by atoms with Gasteiger partial charge in [0, 0.05) is 51.6 Å². The zero-order valence-corrected chi connectivity index (χ0v) is 16.9. The van der Waals surface area contributed by atoms with E-state index in [1.165, 1.54) is 0 Å². The molecule has 0 aromatic carbocycles. The number of aromatic nitrogens is 2. The minimum atomic E-state index is -0.309. The first-order valence-corrected chi connectivity index (χ1v) is 10.4. The Balaban J connectivity index is 1.46. The third-order valence-electron chi connectivity index (χ3n) is 6.07. The number of hydrogen-bond donors (Lipinski definition) is 1. The van der Waals surface area contributed by atoms with E-state index in [2.05, 4.69) is 10.3 Å². The van der Waals surface area contributed by atoms with Gasteiger partial charge >= 0.3 is 5.97 Å². The van der Waals surface area contributed by atoms with Crippen LogP contribution in [0.25, 0.3) is 0 Å². The standard InChI is InChI=1S/C21H28N4O4/c1-2-16-18-17(12-21(14-23-19(18)26)5-10-28-11-6-21)25(24-16)8-3-9-29-20(27)15-4-7-22-13-15/h7,13H,2-6,8-12,14H2,1H3,(H,23,26). The second-order valence-corrected chi connectivity index (χ2v) is 8.00. The lowest BCUT2D eigenvalue weighted by molar-refractivity contribution is -0.139. The number of esters is 1. The molecule has 0 saturated carbocycles. The fourth-order valence-electron chi connectivity index (χ4n) is 4.31. The van der Waals surface area contributed by atoms with E-state index in [0.717, 1.165) is 49.4 Å². The number of amides is 1. The van der Waals surface area contributed by atoms with Crippen molar-refractivity contribution in [2.45, 2.75) is 52.0 Å². The summed E-state index contributed by atoms with van der Waals surface area (Å²) in [6.07, 6.45) is 7.83. The molecule has 0 atom stereocenters. The van der Waals surface area contributed by atoms with Gasteiger partial charge < -0.3 is 14.8 Å². The van der Waals surface area contributed by atoms with Crippen molar-refractivity contribution in [3.8, 4) is 0 Å². The summed E-state index contributed by atoms with van der Waals surface area (Å²) in [7, 11) is 0. The Morgan fingerprint density at radius 1 is 1.38 bits per heavy atom. The molecule has 1 aromatic heterocycles.